The quantitative estimate of drug-likeness (QED) is 0.263. The minimum atomic E-state index is -0.0272. The first kappa shape index (κ1) is 20.5. The molecule has 0 spiro atoms. The number of hydrogen-bond donors (Lipinski definition) is 0. The van der Waals surface area contributed by atoms with Crippen molar-refractivity contribution in [2.24, 2.45) is 5.92 Å². The fraction of sp³-hybridized carbons (Fsp3) is 0.947. The topological polar surface area (TPSA) is 26.3 Å². The lowest BCUT2D eigenvalue weighted by Gasteiger charge is -2.11. The number of rotatable bonds is 15. The standard InChI is InChI=1S/C19H38O2/c1-4-6-7-8-9-10-11-12-13-14-15-16-17-18(5-2)19(20)21-3/h18H,4-17H2,1-3H3. The fourth-order valence-corrected chi connectivity index (χ4v) is 2.89. The van der Waals surface area contributed by atoms with E-state index in [-0.39, 0.29) is 11.9 Å². The Hall–Kier alpha value is -0.530. The van der Waals surface area contributed by atoms with Crippen LogP contribution in [0.2, 0.25) is 0 Å². The molecule has 2 heteroatoms. The van der Waals surface area contributed by atoms with Gasteiger partial charge in [0.1, 0.15) is 0 Å². The highest BCUT2D eigenvalue weighted by Crippen LogP contribution is 2.17. The predicted molar refractivity (Wildman–Crippen MR) is 91.5 cm³/mol. The van der Waals surface area contributed by atoms with E-state index in [1.165, 1.54) is 84.2 Å². The van der Waals surface area contributed by atoms with Gasteiger partial charge >= 0.3 is 5.97 Å². The van der Waals surface area contributed by atoms with E-state index in [1.54, 1.807) is 0 Å². The molecule has 0 rings (SSSR count). The molecule has 0 aromatic rings. The Morgan fingerprint density at radius 1 is 0.762 bits per heavy atom. The average molecular weight is 299 g/mol. The first-order valence-electron chi connectivity index (χ1n) is 9.34. The van der Waals surface area contributed by atoms with Gasteiger partial charge in [-0.2, -0.15) is 0 Å². The molecule has 0 radical (unpaired) electrons. The summed E-state index contributed by atoms with van der Waals surface area (Å²) in [6.45, 7) is 4.34. The summed E-state index contributed by atoms with van der Waals surface area (Å²) in [5, 5.41) is 0. The molecule has 2 nitrogen and oxygen atoms in total. The van der Waals surface area contributed by atoms with Crippen LogP contribution in [0.1, 0.15) is 104 Å². The molecule has 0 heterocycles. The SMILES string of the molecule is CCCCCCCCCCCCCCC(CC)C(=O)OC. The van der Waals surface area contributed by atoms with Crippen LogP contribution in [-0.4, -0.2) is 13.1 Å². The number of hydrogen-bond acceptors (Lipinski definition) is 2. The van der Waals surface area contributed by atoms with Crippen LogP contribution in [0.25, 0.3) is 0 Å². The van der Waals surface area contributed by atoms with Crippen molar-refractivity contribution in [2.75, 3.05) is 7.11 Å². The molecule has 1 unspecified atom stereocenters. The molecule has 1 atom stereocenters. The van der Waals surface area contributed by atoms with Crippen molar-refractivity contribution < 1.29 is 9.53 Å². The molecule has 0 aliphatic rings. The second-order valence-electron chi connectivity index (χ2n) is 6.31. The van der Waals surface area contributed by atoms with E-state index in [0.717, 1.165) is 12.8 Å². The third-order valence-electron chi connectivity index (χ3n) is 4.43. The third kappa shape index (κ3) is 12.9. The van der Waals surface area contributed by atoms with Gasteiger partial charge in [-0.25, -0.2) is 0 Å². The van der Waals surface area contributed by atoms with E-state index >= 15 is 0 Å². The average Bonchev–Trinajstić information content (AvgIpc) is 2.51. The Bertz CT molecular complexity index is 226. The van der Waals surface area contributed by atoms with Crippen LogP contribution in [0, 0.1) is 5.92 Å². The lowest BCUT2D eigenvalue weighted by atomic mass is 9.98. The molecule has 0 aromatic heterocycles. The summed E-state index contributed by atoms with van der Waals surface area (Å²) in [6, 6.07) is 0. The van der Waals surface area contributed by atoms with E-state index in [4.69, 9.17) is 4.74 Å². The zero-order chi connectivity index (χ0) is 15.8. The van der Waals surface area contributed by atoms with Crippen molar-refractivity contribution in [1.82, 2.24) is 0 Å². The van der Waals surface area contributed by atoms with Crippen LogP contribution in [0.4, 0.5) is 0 Å². The van der Waals surface area contributed by atoms with Crippen molar-refractivity contribution >= 4 is 5.97 Å². The Morgan fingerprint density at radius 2 is 1.19 bits per heavy atom. The van der Waals surface area contributed by atoms with Gasteiger partial charge in [0.25, 0.3) is 0 Å². The normalized spacial score (nSPS) is 12.3. The summed E-state index contributed by atoms with van der Waals surface area (Å²) in [4.78, 5) is 11.5. The Morgan fingerprint density at radius 3 is 1.57 bits per heavy atom. The summed E-state index contributed by atoms with van der Waals surface area (Å²) >= 11 is 0. The largest absolute Gasteiger partial charge is 0.469 e. The van der Waals surface area contributed by atoms with Crippen molar-refractivity contribution in [2.45, 2.75) is 104 Å². The highest BCUT2D eigenvalue weighted by molar-refractivity contribution is 5.72. The number of esters is 1. The number of ether oxygens (including phenoxy) is 1. The highest BCUT2D eigenvalue weighted by atomic mass is 16.5. The van der Waals surface area contributed by atoms with Crippen molar-refractivity contribution in [3.63, 3.8) is 0 Å². The van der Waals surface area contributed by atoms with Crippen LogP contribution in [-0.2, 0) is 9.53 Å². The van der Waals surface area contributed by atoms with Gasteiger partial charge in [0.15, 0.2) is 0 Å². The lowest BCUT2D eigenvalue weighted by Crippen LogP contribution is -2.15. The lowest BCUT2D eigenvalue weighted by molar-refractivity contribution is -0.145. The molecule has 126 valence electrons. The van der Waals surface area contributed by atoms with Gasteiger partial charge in [-0.3, -0.25) is 4.79 Å². The molecule has 0 N–H and O–H groups in total. The predicted octanol–water partition coefficient (Wildman–Crippen LogP) is 6.28. The van der Waals surface area contributed by atoms with E-state index < -0.39 is 0 Å². The van der Waals surface area contributed by atoms with Gasteiger partial charge in [0.2, 0.25) is 0 Å². The maximum Gasteiger partial charge on any atom is 0.308 e. The maximum absolute atomic E-state index is 11.5. The fourth-order valence-electron chi connectivity index (χ4n) is 2.89. The van der Waals surface area contributed by atoms with Crippen LogP contribution in [0.3, 0.4) is 0 Å². The number of methoxy groups -OCH3 is 1. The Labute approximate surface area is 133 Å². The second-order valence-corrected chi connectivity index (χ2v) is 6.31. The van der Waals surface area contributed by atoms with Crippen molar-refractivity contribution in [1.29, 1.82) is 0 Å². The molecule has 0 amide bonds. The van der Waals surface area contributed by atoms with Gasteiger partial charge in [-0.1, -0.05) is 90.9 Å². The van der Waals surface area contributed by atoms with E-state index in [1.807, 2.05) is 0 Å². The first-order valence-corrected chi connectivity index (χ1v) is 9.34. The van der Waals surface area contributed by atoms with Crippen LogP contribution < -0.4 is 0 Å². The van der Waals surface area contributed by atoms with Gasteiger partial charge in [0.05, 0.1) is 13.0 Å². The molecule has 21 heavy (non-hydrogen) atoms. The number of carbonyl (C=O) groups is 1. The molecule has 0 aromatic carbocycles. The van der Waals surface area contributed by atoms with E-state index in [9.17, 15) is 4.79 Å². The van der Waals surface area contributed by atoms with Crippen molar-refractivity contribution in [3.8, 4) is 0 Å². The van der Waals surface area contributed by atoms with Gasteiger partial charge in [0, 0.05) is 0 Å². The summed E-state index contributed by atoms with van der Waals surface area (Å²) in [6.07, 6.45) is 18.3. The third-order valence-corrected chi connectivity index (χ3v) is 4.43. The number of carbonyl (C=O) groups excluding carboxylic acids is 1. The summed E-state index contributed by atoms with van der Waals surface area (Å²) in [5.74, 6) is 0.0960. The van der Waals surface area contributed by atoms with Gasteiger partial charge in [-0.15, -0.1) is 0 Å². The zero-order valence-corrected chi connectivity index (χ0v) is 14.8. The first-order chi connectivity index (χ1) is 10.3. The molecule has 0 saturated carbocycles. The summed E-state index contributed by atoms with van der Waals surface area (Å²) in [5.41, 5.74) is 0. The molecule has 0 bridgehead atoms. The maximum atomic E-state index is 11.5. The zero-order valence-electron chi connectivity index (χ0n) is 14.8. The smallest absolute Gasteiger partial charge is 0.308 e. The van der Waals surface area contributed by atoms with E-state index in [0.29, 0.717) is 0 Å². The molecular weight excluding hydrogens is 260 g/mol. The molecule has 0 aliphatic carbocycles. The van der Waals surface area contributed by atoms with Gasteiger partial charge < -0.3 is 4.74 Å². The van der Waals surface area contributed by atoms with Crippen LogP contribution in [0.5, 0.6) is 0 Å². The van der Waals surface area contributed by atoms with Crippen molar-refractivity contribution in [3.05, 3.63) is 0 Å². The second kappa shape index (κ2) is 15.9. The molecule has 0 saturated heterocycles. The molecular formula is C19H38O2. The summed E-state index contributed by atoms with van der Waals surface area (Å²) < 4.78 is 4.82. The summed E-state index contributed by atoms with van der Waals surface area (Å²) in [7, 11) is 1.49. The monoisotopic (exact) mass is 298 g/mol. The van der Waals surface area contributed by atoms with Crippen LogP contribution in [0.15, 0.2) is 0 Å². The number of unbranched alkanes of at least 4 members (excludes halogenated alkanes) is 11. The Balaban J connectivity index is 3.23. The molecule has 0 aliphatic heterocycles. The minimum Gasteiger partial charge on any atom is -0.469 e. The Kier molecular flexibility index (Phi) is 15.5. The minimum absolute atomic E-state index is 0.0272. The highest BCUT2D eigenvalue weighted by Gasteiger charge is 2.15. The van der Waals surface area contributed by atoms with Gasteiger partial charge in [-0.05, 0) is 12.8 Å². The van der Waals surface area contributed by atoms with E-state index in [2.05, 4.69) is 13.8 Å². The van der Waals surface area contributed by atoms with Crippen LogP contribution >= 0.6 is 0 Å². The molecule has 0 fully saturated rings.